The molecule has 0 bridgehead atoms. The molecule has 0 unspecified atom stereocenters. The van der Waals surface area contributed by atoms with Gasteiger partial charge in [-0.3, -0.25) is 4.79 Å². The maximum absolute atomic E-state index is 11.9. The van der Waals surface area contributed by atoms with Gasteiger partial charge in [-0.15, -0.1) is 0 Å². The summed E-state index contributed by atoms with van der Waals surface area (Å²) >= 11 is 0. The summed E-state index contributed by atoms with van der Waals surface area (Å²) in [7, 11) is 0. The third-order valence-electron chi connectivity index (χ3n) is 3.22. The second-order valence-electron chi connectivity index (χ2n) is 6.35. The van der Waals surface area contributed by atoms with Crippen LogP contribution in [0, 0.1) is 17.3 Å². The smallest absolute Gasteiger partial charge is 0.310 e. The number of hydrogen-bond acceptors (Lipinski definition) is 3. The first-order valence-corrected chi connectivity index (χ1v) is 5.78. The van der Waals surface area contributed by atoms with E-state index in [0.717, 1.165) is 0 Å². The van der Waals surface area contributed by atoms with Crippen molar-refractivity contribution in [2.24, 2.45) is 17.3 Å². The van der Waals surface area contributed by atoms with Gasteiger partial charge in [0.1, 0.15) is 11.4 Å². The van der Waals surface area contributed by atoms with Gasteiger partial charge in [-0.25, -0.2) is 0 Å². The Labute approximate surface area is 97.5 Å². The van der Waals surface area contributed by atoms with E-state index < -0.39 is 5.60 Å². The lowest BCUT2D eigenvalue weighted by Crippen LogP contribution is -2.26. The number of carbonyl (C=O) groups is 2. The van der Waals surface area contributed by atoms with Crippen LogP contribution in [0.3, 0.4) is 0 Å². The van der Waals surface area contributed by atoms with Crippen molar-refractivity contribution in [2.45, 2.75) is 53.6 Å². The van der Waals surface area contributed by atoms with Crippen LogP contribution in [0.2, 0.25) is 0 Å². The number of carbonyl (C=O) groups excluding carboxylic acids is 2. The Bertz CT molecular complexity index is 310. The fourth-order valence-corrected chi connectivity index (χ4v) is 2.27. The van der Waals surface area contributed by atoms with Gasteiger partial charge in [0.15, 0.2) is 0 Å². The van der Waals surface area contributed by atoms with Gasteiger partial charge in [-0.1, -0.05) is 13.8 Å². The van der Waals surface area contributed by atoms with Gasteiger partial charge >= 0.3 is 5.97 Å². The van der Waals surface area contributed by atoms with Gasteiger partial charge in [-0.05, 0) is 39.0 Å². The second kappa shape index (κ2) is 3.86. The molecule has 0 aliphatic heterocycles. The molecule has 1 saturated carbocycles. The summed E-state index contributed by atoms with van der Waals surface area (Å²) < 4.78 is 5.36. The molecule has 0 aromatic carbocycles. The van der Waals surface area contributed by atoms with E-state index in [2.05, 4.69) is 0 Å². The highest BCUT2D eigenvalue weighted by atomic mass is 16.6. The van der Waals surface area contributed by atoms with Crippen molar-refractivity contribution in [3.8, 4) is 0 Å². The van der Waals surface area contributed by atoms with Crippen molar-refractivity contribution in [3.05, 3.63) is 0 Å². The van der Waals surface area contributed by atoms with Crippen LogP contribution in [-0.4, -0.2) is 17.4 Å². The summed E-state index contributed by atoms with van der Waals surface area (Å²) in [5.41, 5.74) is -0.537. The highest BCUT2D eigenvalue weighted by Gasteiger charge is 2.62. The molecule has 92 valence electrons. The SMILES string of the molecule is CC(=O)C[C@H]1[C@@H](C(=O)OC(C)(C)C)C1(C)C. The molecule has 1 fully saturated rings. The number of hydrogen-bond donors (Lipinski definition) is 0. The number of ketones is 1. The fourth-order valence-electron chi connectivity index (χ4n) is 2.27. The molecule has 0 heterocycles. The first kappa shape index (κ1) is 13.2. The lowest BCUT2D eigenvalue weighted by atomic mass is 10.1. The second-order valence-corrected chi connectivity index (χ2v) is 6.35. The lowest BCUT2D eigenvalue weighted by Gasteiger charge is -2.20. The fraction of sp³-hybridized carbons (Fsp3) is 0.846. The van der Waals surface area contributed by atoms with E-state index in [1.54, 1.807) is 6.92 Å². The van der Waals surface area contributed by atoms with Crippen molar-refractivity contribution >= 4 is 11.8 Å². The monoisotopic (exact) mass is 226 g/mol. The maximum atomic E-state index is 11.9. The molecule has 16 heavy (non-hydrogen) atoms. The van der Waals surface area contributed by atoms with Crippen molar-refractivity contribution < 1.29 is 14.3 Å². The van der Waals surface area contributed by atoms with Crippen LogP contribution >= 0.6 is 0 Å². The van der Waals surface area contributed by atoms with Crippen LogP contribution in [0.4, 0.5) is 0 Å². The molecule has 0 spiro atoms. The summed E-state index contributed by atoms with van der Waals surface area (Å²) in [5, 5.41) is 0. The zero-order chi connectivity index (χ0) is 12.7. The topological polar surface area (TPSA) is 43.4 Å². The van der Waals surface area contributed by atoms with E-state index in [4.69, 9.17) is 4.74 Å². The number of rotatable bonds is 3. The number of esters is 1. The van der Waals surface area contributed by atoms with Crippen LogP contribution in [0.5, 0.6) is 0 Å². The van der Waals surface area contributed by atoms with Crippen LogP contribution in [-0.2, 0) is 14.3 Å². The predicted molar refractivity (Wildman–Crippen MR) is 61.9 cm³/mol. The highest BCUT2D eigenvalue weighted by molar-refractivity contribution is 5.82. The first-order valence-electron chi connectivity index (χ1n) is 5.78. The summed E-state index contributed by atoms with van der Waals surface area (Å²) in [4.78, 5) is 23.0. The van der Waals surface area contributed by atoms with Crippen LogP contribution < -0.4 is 0 Å². The molecule has 1 aliphatic carbocycles. The van der Waals surface area contributed by atoms with E-state index in [-0.39, 0.29) is 29.0 Å². The van der Waals surface area contributed by atoms with Gasteiger partial charge in [0.25, 0.3) is 0 Å². The third kappa shape index (κ3) is 2.83. The van der Waals surface area contributed by atoms with Gasteiger partial charge in [-0.2, -0.15) is 0 Å². The molecule has 3 heteroatoms. The molecule has 0 N–H and O–H groups in total. The van der Waals surface area contributed by atoms with Gasteiger partial charge < -0.3 is 9.53 Å². The minimum Gasteiger partial charge on any atom is -0.460 e. The summed E-state index contributed by atoms with van der Waals surface area (Å²) in [6.45, 7) is 11.2. The highest BCUT2D eigenvalue weighted by Crippen LogP contribution is 2.60. The normalized spacial score (nSPS) is 27.4. The predicted octanol–water partition coefficient (Wildman–Crippen LogP) is 2.58. The van der Waals surface area contributed by atoms with E-state index in [1.807, 2.05) is 34.6 Å². The van der Waals surface area contributed by atoms with E-state index in [9.17, 15) is 9.59 Å². The zero-order valence-corrected chi connectivity index (χ0v) is 11.1. The Balaban J connectivity index is 2.62. The quantitative estimate of drug-likeness (QED) is 0.695. The molecule has 2 atom stereocenters. The van der Waals surface area contributed by atoms with Crippen LogP contribution in [0.15, 0.2) is 0 Å². The summed E-state index contributed by atoms with van der Waals surface area (Å²) in [6, 6.07) is 0. The molecule has 0 aromatic heterocycles. The van der Waals surface area contributed by atoms with Gasteiger partial charge in [0.2, 0.25) is 0 Å². The van der Waals surface area contributed by atoms with Crippen molar-refractivity contribution in [1.29, 1.82) is 0 Å². The first-order chi connectivity index (χ1) is 7.05. The molecule has 0 radical (unpaired) electrons. The van der Waals surface area contributed by atoms with Crippen molar-refractivity contribution in [1.82, 2.24) is 0 Å². The Morgan fingerprint density at radius 3 is 2.12 bits per heavy atom. The van der Waals surface area contributed by atoms with Gasteiger partial charge in [0, 0.05) is 6.42 Å². The van der Waals surface area contributed by atoms with Crippen molar-refractivity contribution in [2.75, 3.05) is 0 Å². The number of Topliss-reactive ketones (excluding diaryl/α,β-unsaturated/α-hetero) is 1. The van der Waals surface area contributed by atoms with Crippen LogP contribution in [0.1, 0.15) is 48.0 Å². The molecule has 0 aromatic rings. The summed E-state index contributed by atoms with van der Waals surface area (Å²) in [5.74, 6) is 0.0170. The van der Waals surface area contributed by atoms with E-state index in [1.165, 1.54) is 0 Å². The van der Waals surface area contributed by atoms with Gasteiger partial charge in [0.05, 0.1) is 5.92 Å². The van der Waals surface area contributed by atoms with Crippen molar-refractivity contribution in [3.63, 3.8) is 0 Å². The zero-order valence-electron chi connectivity index (χ0n) is 11.1. The molecule has 0 amide bonds. The van der Waals surface area contributed by atoms with Crippen LogP contribution in [0.25, 0.3) is 0 Å². The Hall–Kier alpha value is -0.860. The minimum absolute atomic E-state index is 0.0893. The molecule has 0 saturated heterocycles. The lowest BCUT2D eigenvalue weighted by molar-refractivity contribution is -0.157. The Kier molecular flexibility index (Phi) is 3.19. The number of ether oxygens (including phenoxy) is 1. The molecular formula is C13H22O3. The molecular weight excluding hydrogens is 204 g/mol. The largest absolute Gasteiger partial charge is 0.460 e. The standard InChI is InChI=1S/C13H22O3/c1-8(14)7-9-10(13(9,5)6)11(15)16-12(2,3)4/h9-10H,7H2,1-6H3/t9-,10-/m0/s1. The maximum Gasteiger partial charge on any atom is 0.310 e. The molecule has 1 aliphatic rings. The summed E-state index contributed by atoms with van der Waals surface area (Å²) in [6.07, 6.45) is 0.483. The average Bonchev–Trinajstić information content (AvgIpc) is 2.47. The molecule has 3 nitrogen and oxygen atoms in total. The Morgan fingerprint density at radius 1 is 1.25 bits per heavy atom. The minimum atomic E-state index is -0.448. The third-order valence-corrected chi connectivity index (χ3v) is 3.22. The average molecular weight is 226 g/mol. The molecule has 1 rings (SSSR count). The Morgan fingerprint density at radius 2 is 1.75 bits per heavy atom. The van der Waals surface area contributed by atoms with E-state index in [0.29, 0.717) is 6.42 Å². The van der Waals surface area contributed by atoms with E-state index >= 15 is 0 Å².